The Balaban J connectivity index is 2.92. The smallest absolute Gasteiger partial charge is 0.255 e. The average Bonchev–Trinajstić information content (AvgIpc) is 2.35. The number of nitrogens with two attached hydrogens (primary N) is 1. The van der Waals surface area contributed by atoms with Crippen LogP contribution in [0.15, 0.2) is 18.2 Å². The molecule has 0 spiro atoms. The van der Waals surface area contributed by atoms with E-state index in [2.05, 4.69) is 5.32 Å². The molecule has 0 saturated carbocycles. The largest absolute Gasteiger partial charge is 0.496 e. The third-order valence-electron chi connectivity index (χ3n) is 2.78. The average molecular weight is 271 g/mol. The van der Waals surface area contributed by atoms with Gasteiger partial charge >= 0.3 is 0 Å². The summed E-state index contributed by atoms with van der Waals surface area (Å²) in [6.45, 7) is 4.41. The predicted octanol–water partition coefficient (Wildman–Crippen LogP) is 2.06. The highest BCUT2D eigenvalue weighted by Crippen LogP contribution is 2.22. The molecule has 0 aliphatic rings. The Kier molecular flexibility index (Phi) is 5.44. The second-order valence-electron chi connectivity index (χ2n) is 4.40. The zero-order valence-electron chi connectivity index (χ0n) is 10.9. The third-order valence-corrected chi connectivity index (χ3v) is 3.02. The van der Waals surface area contributed by atoms with Gasteiger partial charge in [0.2, 0.25) is 0 Å². The molecule has 0 aliphatic carbocycles. The zero-order valence-corrected chi connectivity index (χ0v) is 11.6. The number of halogens is 1. The van der Waals surface area contributed by atoms with Gasteiger partial charge in [0.05, 0.1) is 12.7 Å². The van der Waals surface area contributed by atoms with E-state index < -0.39 is 0 Å². The molecule has 1 amide bonds. The van der Waals surface area contributed by atoms with Crippen LogP contribution in [0.2, 0.25) is 5.02 Å². The van der Waals surface area contributed by atoms with E-state index in [1.165, 1.54) is 7.11 Å². The Hall–Kier alpha value is -1.26. The summed E-state index contributed by atoms with van der Waals surface area (Å²) < 4.78 is 5.15. The van der Waals surface area contributed by atoms with Crippen LogP contribution in [0.25, 0.3) is 0 Å². The molecule has 1 rings (SSSR count). The van der Waals surface area contributed by atoms with E-state index in [-0.39, 0.29) is 17.9 Å². The molecule has 1 aromatic carbocycles. The van der Waals surface area contributed by atoms with Crippen molar-refractivity contribution >= 4 is 17.5 Å². The number of hydrogen-bond acceptors (Lipinski definition) is 3. The number of rotatable bonds is 5. The lowest BCUT2D eigenvalue weighted by molar-refractivity contribution is 0.0924. The van der Waals surface area contributed by atoms with E-state index >= 15 is 0 Å². The molecule has 1 unspecified atom stereocenters. The molecule has 1 atom stereocenters. The van der Waals surface area contributed by atoms with Crippen LogP contribution in [0.4, 0.5) is 0 Å². The number of benzene rings is 1. The summed E-state index contributed by atoms with van der Waals surface area (Å²) in [7, 11) is 1.52. The van der Waals surface area contributed by atoms with Crippen molar-refractivity contribution in [3.63, 3.8) is 0 Å². The Morgan fingerprint density at radius 1 is 1.50 bits per heavy atom. The maximum Gasteiger partial charge on any atom is 0.255 e. The number of amides is 1. The maximum absolute atomic E-state index is 12.1. The van der Waals surface area contributed by atoms with Gasteiger partial charge in [0.1, 0.15) is 5.75 Å². The second kappa shape index (κ2) is 6.61. The van der Waals surface area contributed by atoms with Gasteiger partial charge in [-0.3, -0.25) is 4.79 Å². The quantitative estimate of drug-likeness (QED) is 0.861. The monoisotopic (exact) mass is 270 g/mol. The van der Waals surface area contributed by atoms with Crippen molar-refractivity contribution in [2.24, 2.45) is 11.7 Å². The molecule has 0 aliphatic heterocycles. The highest BCUT2D eigenvalue weighted by atomic mass is 35.5. The minimum atomic E-state index is -0.224. The molecule has 0 fully saturated rings. The van der Waals surface area contributed by atoms with Gasteiger partial charge in [0.15, 0.2) is 0 Å². The number of carbonyl (C=O) groups excluding carboxylic acids is 1. The summed E-state index contributed by atoms with van der Waals surface area (Å²) in [6.07, 6.45) is 0. The summed E-state index contributed by atoms with van der Waals surface area (Å²) in [5.74, 6) is 0.541. The number of ether oxygens (including phenoxy) is 1. The first kappa shape index (κ1) is 14.8. The summed E-state index contributed by atoms with van der Waals surface area (Å²) in [4.78, 5) is 12.1. The molecule has 4 nitrogen and oxygen atoms in total. The topological polar surface area (TPSA) is 64.3 Å². The first-order valence-electron chi connectivity index (χ1n) is 5.84. The minimum Gasteiger partial charge on any atom is -0.496 e. The lowest BCUT2D eigenvalue weighted by atomic mass is 10.0. The summed E-state index contributed by atoms with van der Waals surface area (Å²) in [5, 5.41) is 3.38. The summed E-state index contributed by atoms with van der Waals surface area (Å²) in [5.41, 5.74) is 6.05. The Labute approximate surface area is 112 Å². The molecule has 0 radical (unpaired) electrons. The first-order chi connectivity index (χ1) is 8.49. The molecule has 0 saturated heterocycles. The van der Waals surface area contributed by atoms with Crippen molar-refractivity contribution in [3.05, 3.63) is 28.8 Å². The number of methoxy groups -OCH3 is 1. The van der Waals surface area contributed by atoms with Gasteiger partial charge < -0.3 is 15.8 Å². The maximum atomic E-state index is 12.1. The predicted molar refractivity (Wildman–Crippen MR) is 73.2 cm³/mol. The fourth-order valence-electron chi connectivity index (χ4n) is 1.60. The number of nitrogens with one attached hydrogen (secondary N) is 1. The van der Waals surface area contributed by atoms with Crippen LogP contribution in [-0.4, -0.2) is 25.6 Å². The SMILES string of the molecule is COc1ccc(Cl)cc1C(=O)NC(CN)C(C)C. The van der Waals surface area contributed by atoms with Crippen LogP contribution >= 0.6 is 11.6 Å². The van der Waals surface area contributed by atoms with Crippen LogP contribution in [0.5, 0.6) is 5.75 Å². The highest BCUT2D eigenvalue weighted by molar-refractivity contribution is 6.31. The van der Waals surface area contributed by atoms with Gasteiger partial charge in [0, 0.05) is 17.6 Å². The number of carbonyl (C=O) groups is 1. The van der Waals surface area contributed by atoms with Crippen molar-refractivity contribution < 1.29 is 9.53 Å². The van der Waals surface area contributed by atoms with Gasteiger partial charge in [-0.25, -0.2) is 0 Å². The fourth-order valence-corrected chi connectivity index (χ4v) is 1.77. The standard InChI is InChI=1S/C13H19ClN2O2/c1-8(2)11(7-15)16-13(17)10-6-9(14)4-5-12(10)18-3/h4-6,8,11H,7,15H2,1-3H3,(H,16,17). The van der Waals surface area contributed by atoms with Gasteiger partial charge in [-0.1, -0.05) is 25.4 Å². The molecule has 1 aromatic rings. The van der Waals surface area contributed by atoms with Crippen LogP contribution in [0.1, 0.15) is 24.2 Å². The van der Waals surface area contributed by atoms with E-state index in [0.717, 1.165) is 0 Å². The van der Waals surface area contributed by atoms with Gasteiger partial charge in [-0.2, -0.15) is 0 Å². The second-order valence-corrected chi connectivity index (χ2v) is 4.84. The van der Waals surface area contributed by atoms with Crippen LogP contribution in [0, 0.1) is 5.92 Å². The molecule has 0 bridgehead atoms. The van der Waals surface area contributed by atoms with E-state index in [4.69, 9.17) is 22.1 Å². The minimum absolute atomic E-state index is 0.0683. The molecule has 3 N–H and O–H groups in total. The molecular formula is C13H19ClN2O2. The lowest BCUT2D eigenvalue weighted by Crippen LogP contribution is -2.43. The Morgan fingerprint density at radius 3 is 2.67 bits per heavy atom. The highest BCUT2D eigenvalue weighted by Gasteiger charge is 2.18. The van der Waals surface area contributed by atoms with Crippen LogP contribution in [0.3, 0.4) is 0 Å². The molecule has 0 heterocycles. The summed E-state index contributed by atoms with van der Waals surface area (Å²) in [6, 6.07) is 4.87. The molecule has 100 valence electrons. The third kappa shape index (κ3) is 3.62. The van der Waals surface area contributed by atoms with Crippen molar-refractivity contribution in [3.8, 4) is 5.75 Å². The van der Waals surface area contributed by atoms with Gasteiger partial charge in [-0.05, 0) is 24.1 Å². The van der Waals surface area contributed by atoms with Gasteiger partial charge in [-0.15, -0.1) is 0 Å². The Morgan fingerprint density at radius 2 is 2.17 bits per heavy atom. The lowest BCUT2D eigenvalue weighted by Gasteiger charge is -2.21. The molecular weight excluding hydrogens is 252 g/mol. The fraction of sp³-hybridized carbons (Fsp3) is 0.462. The van der Waals surface area contributed by atoms with Crippen molar-refractivity contribution in [1.82, 2.24) is 5.32 Å². The Bertz CT molecular complexity index is 421. The van der Waals surface area contributed by atoms with Crippen molar-refractivity contribution in [1.29, 1.82) is 0 Å². The zero-order chi connectivity index (χ0) is 13.7. The van der Waals surface area contributed by atoms with Crippen LogP contribution < -0.4 is 15.8 Å². The normalized spacial score (nSPS) is 12.3. The van der Waals surface area contributed by atoms with E-state index in [9.17, 15) is 4.79 Å². The van der Waals surface area contributed by atoms with Crippen molar-refractivity contribution in [2.45, 2.75) is 19.9 Å². The molecule has 18 heavy (non-hydrogen) atoms. The molecule has 5 heteroatoms. The van der Waals surface area contributed by atoms with E-state index in [1.54, 1.807) is 18.2 Å². The summed E-state index contributed by atoms with van der Waals surface area (Å²) >= 11 is 5.89. The first-order valence-corrected chi connectivity index (χ1v) is 6.21. The number of hydrogen-bond donors (Lipinski definition) is 2. The van der Waals surface area contributed by atoms with Crippen molar-refractivity contribution in [2.75, 3.05) is 13.7 Å². The van der Waals surface area contributed by atoms with Crippen LogP contribution in [-0.2, 0) is 0 Å². The molecule has 0 aromatic heterocycles. The van der Waals surface area contributed by atoms with E-state index in [1.807, 2.05) is 13.8 Å². The van der Waals surface area contributed by atoms with Gasteiger partial charge in [0.25, 0.3) is 5.91 Å². The van der Waals surface area contributed by atoms with E-state index in [0.29, 0.717) is 22.9 Å².